The zero-order valence-electron chi connectivity index (χ0n) is 13.4. The molecule has 4 atom stereocenters. The van der Waals surface area contributed by atoms with Gasteiger partial charge in [0, 0.05) is 12.1 Å². The van der Waals surface area contributed by atoms with Gasteiger partial charge in [-0.25, -0.2) is 4.79 Å². The van der Waals surface area contributed by atoms with Crippen molar-refractivity contribution in [2.75, 3.05) is 0 Å². The predicted octanol–water partition coefficient (Wildman–Crippen LogP) is 1.96. The molecule has 0 radical (unpaired) electrons. The second-order valence-corrected chi connectivity index (χ2v) is 6.92. The van der Waals surface area contributed by atoms with E-state index in [0.29, 0.717) is 5.06 Å². The van der Waals surface area contributed by atoms with E-state index in [2.05, 4.69) is 0 Å². The Bertz CT molecular complexity index is 516. The molecule has 4 unspecified atom stereocenters. The van der Waals surface area contributed by atoms with Gasteiger partial charge in [0.2, 0.25) is 0 Å². The van der Waals surface area contributed by atoms with Gasteiger partial charge in [-0.2, -0.15) is 0 Å². The van der Waals surface area contributed by atoms with Crippen LogP contribution in [0.15, 0.2) is 12.2 Å². The van der Waals surface area contributed by atoms with E-state index < -0.39 is 6.09 Å². The SMILES string of the molecule is CC(C)N(C(=O)ON1C(=O)C2C3C=CC(C3)C2C1=O)C(C)C. The number of hydroxylamine groups is 2. The number of carbonyl (C=O) groups is 3. The van der Waals surface area contributed by atoms with Gasteiger partial charge in [0.25, 0.3) is 11.8 Å². The zero-order chi connectivity index (χ0) is 16.2. The first-order valence-electron chi connectivity index (χ1n) is 7.89. The molecule has 3 rings (SSSR count). The summed E-state index contributed by atoms with van der Waals surface area (Å²) in [5.41, 5.74) is 0. The molecule has 120 valence electrons. The monoisotopic (exact) mass is 306 g/mol. The van der Waals surface area contributed by atoms with E-state index in [1.807, 2.05) is 39.8 Å². The first-order chi connectivity index (χ1) is 10.3. The summed E-state index contributed by atoms with van der Waals surface area (Å²) >= 11 is 0. The lowest BCUT2D eigenvalue weighted by Crippen LogP contribution is -2.46. The molecule has 0 aromatic heterocycles. The Kier molecular flexibility index (Phi) is 3.50. The third-order valence-corrected chi connectivity index (χ3v) is 4.92. The fourth-order valence-corrected chi connectivity index (χ4v) is 4.11. The smallest absolute Gasteiger partial charge is 0.311 e. The molecule has 0 spiro atoms. The molecular weight excluding hydrogens is 284 g/mol. The number of imide groups is 1. The topological polar surface area (TPSA) is 66.9 Å². The Morgan fingerprint density at radius 2 is 1.55 bits per heavy atom. The Hall–Kier alpha value is -1.85. The predicted molar refractivity (Wildman–Crippen MR) is 78.2 cm³/mol. The average molecular weight is 306 g/mol. The lowest BCUT2D eigenvalue weighted by molar-refractivity contribution is -0.177. The standard InChI is InChI=1S/C16H22N2O4/c1-8(2)17(9(3)4)16(21)22-18-14(19)12-10-5-6-11(7-10)13(12)15(18)20/h5-6,8-13H,7H2,1-4H3. The van der Waals surface area contributed by atoms with Crippen molar-refractivity contribution in [3.8, 4) is 0 Å². The zero-order valence-corrected chi connectivity index (χ0v) is 13.4. The summed E-state index contributed by atoms with van der Waals surface area (Å²) in [5.74, 6) is -1.20. The Morgan fingerprint density at radius 3 is 1.95 bits per heavy atom. The molecule has 1 heterocycles. The number of hydrogen-bond acceptors (Lipinski definition) is 4. The Labute approximate surface area is 130 Å². The summed E-state index contributed by atoms with van der Waals surface area (Å²) in [7, 11) is 0. The minimum atomic E-state index is -0.646. The number of nitrogens with zero attached hydrogens (tertiary/aromatic N) is 2. The number of carbonyl (C=O) groups excluding carboxylic acids is 3. The van der Waals surface area contributed by atoms with Crippen molar-refractivity contribution in [3.63, 3.8) is 0 Å². The first-order valence-corrected chi connectivity index (χ1v) is 7.89. The largest absolute Gasteiger partial charge is 0.435 e. The van der Waals surface area contributed by atoms with Crippen molar-refractivity contribution < 1.29 is 19.2 Å². The molecule has 2 fully saturated rings. The van der Waals surface area contributed by atoms with Crippen molar-refractivity contribution >= 4 is 17.9 Å². The van der Waals surface area contributed by atoms with E-state index in [1.165, 1.54) is 4.90 Å². The van der Waals surface area contributed by atoms with Crippen LogP contribution < -0.4 is 0 Å². The van der Waals surface area contributed by atoms with Crippen LogP contribution in [0.2, 0.25) is 0 Å². The van der Waals surface area contributed by atoms with E-state index in [0.717, 1.165) is 6.42 Å². The van der Waals surface area contributed by atoms with Crippen LogP contribution in [0, 0.1) is 23.7 Å². The van der Waals surface area contributed by atoms with Crippen LogP contribution >= 0.6 is 0 Å². The molecule has 3 amide bonds. The first kappa shape index (κ1) is 15.1. The van der Waals surface area contributed by atoms with Crippen LogP contribution in [-0.2, 0) is 14.4 Å². The summed E-state index contributed by atoms with van der Waals surface area (Å²) < 4.78 is 0. The maximum absolute atomic E-state index is 12.5. The van der Waals surface area contributed by atoms with Crippen LogP contribution in [-0.4, -0.2) is 40.0 Å². The van der Waals surface area contributed by atoms with Crippen LogP contribution in [0.1, 0.15) is 34.1 Å². The maximum Gasteiger partial charge on any atom is 0.435 e. The molecule has 2 bridgehead atoms. The van der Waals surface area contributed by atoms with Crippen molar-refractivity contribution in [1.29, 1.82) is 0 Å². The molecule has 3 aliphatic rings. The van der Waals surface area contributed by atoms with Gasteiger partial charge in [0.15, 0.2) is 0 Å². The highest BCUT2D eigenvalue weighted by molar-refractivity contribution is 6.06. The fourth-order valence-electron chi connectivity index (χ4n) is 4.11. The molecule has 6 nitrogen and oxygen atoms in total. The Balaban J connectivity index is 1.76. The number of hydrogen-bond donors (Lipinski definition) is 0. The van der Waals surface area contributed by atoms with Gasteiger partial charge in [-0.05, 0) is 46.0 Å². The van der Waals surface area contributed by atoms with Crippen molar-refractivity contribution in [2.24, 2.45) is 23.7 Å². The van der Waals surface area contributed by atoms with E-state index in [-0.39, 0.29) is 47.6 Å². The summed E-state index contributed by atoms with van der Waals surface area (Å²) in [6.45, 7) is 7.48. The van der Waals surface area contributed by atoms with E-state index in [1.54, 1.807) is 0 Å². The van der Waals surface area contributed by atoms with Gasteiger partial charge in [-0.1, -0.05) is 12.2 Å². The summed E-state index contributed by atoms with van der Waals surface area (Å²) in [6, 6.07) is -0.143. The fraction of sp³-hybridized carbons (Fsp3) is 0.688. The summed E-state index contributed by atoms with van der Waals surface area (Å²) in [4.78, 5) is 43.9. The normalized spacial score (nSPS) is 32.4. The molecule has 0 aromatic carbocycles. The number of amides is 3. The second-order valence-electron chi connectivity index (χ2n) is 6.92. The second kappa shape index (κ2) is 5.11. The van der Waals surface area contributed by atoms with E-state index in [9.17, 15) is 14.4 Å². The number of fused-ring (bicyclic) bond motifs is 5. The molecule has 1 aliphatic heterocycles. The molecule has 2 aliphatic carbocycles. The molecule has 6 heteroatoms. The molecule has 22 heavy (non-hydrogen) atoms. The van der Waals surface area contributed by atoms with Crippen LogP contribution in [0.25, 0.3) is 0 Å². The highest BCUT2D eigenvalue weighted by atomic mass is 16.7. The van der Waals surface area contributed by atoms with Crippen molar-refractivity contribution in [3.05, 3.63) is 12.2 Å². The van der Waals surface area contributed by atoms with E-state index >= 15 is 0 Å². The molecule has 0 N–H and O–H groups in total. The van der Waals surface area contributed by atoms with Crippen molar-refractivity contribution in [1.82, 2.24) is 9.96 Å². The number of rotatable bonds is 3. The lowest BCUT2D eigenvalue weighted by atomic mass is 9.85. The average Bonchev–Trinajstić information content (AvgIpc) is 3.07. The van der Waals surface area contributed by atoms with Gasteiger partial charge in [-0.15, -0.1) is 5.06 Å². The van der Waals surface area contributed by atoms with Gasteiger partial charge in [0.1, 0.15) is 0 Å². The summed E-state index contributed by atoms with van der Waals surface area (Å²) in [6.07, 6.45) is 4.24. The van der Waals surface area contributed by atoms with Crippen LogP contribution in [0.5, 0.6) is 0 Å². The van der Waals surface area contributed by atoms with Gasteiger partial charge in [0.05, 0.1) is 11.8 Å². The third kappa shape index (κ3) is 2.04. The van der Waals surface area contributed by atoms with Gasteiger partial charge in [-0.3, -0.25) is 9.59 Å². The third-order valence-electron chi connectivity index (χ3n) is 4.92. The van der Waals surface area contributed by atoms with Crippen LogP contribution in [0.4, 0.5) is 4.79 Å². The van der Waals surface area contributed by atoms with Crippen LogP contribution in [0.3, 0.4) is 0 Å². The quantitative estimate of drug-likeness (QED) is 0.590. The molecular formula is C16H22N2O4. The molecule has 1 saturated heterocycles. The van der Waals surface area contributed by atoms with E-state index in [4.69, 9.17) is 4.84 Å². The minimum absolute atomic E-state index is 0.0716. The summed E-state index contributed by atoms with van der Waals surface area (Å²) in [5, 5.41) is 0.710. The van der Waals surface area contributed by atoms with Gasteiger partial charge < -0.3 is 9.74 Å². The highest BCUT2D eigenvalue weighted by Crippen LogP contribution is 2.52. The van der Waals surface area contributed by atoms with Crippen molar-refractivity contribution in [2.45, 2.75) is 46.2 Å². The molecule has 0 aromatic rings. The lowest BCUT2D eigenvalue weighted by Gasteiger charge is -2.30. The minimum Gasteiger partial charge on any atom is -0.311 e. The van der Waals surface area contributed by atoms with Gasteiger partial charge >= 0.3 is 6.09 Å². The highest BCUT2D eigenvalue weighted by Gasteiger charge is 2.61. The molecule has 1 saturated carbocycles. The Morgan fingerprint density at radius 1 is 1.09 bits per heavy atom. The maximum atomic E-state index is 12.5. The number of allylic oxidation sites excluding steroid dienone is 2.